The van der Waals surface area contributed by atoms with Gasteiger partial charge in [-0.3, -0.25) is 9.80 Å². The topological polar surface area (TPSA) is 108 Å². The Morgan fingerprint density at radius 2 is 1.56 bits per heavy atom. The molecule has 1 aliphatic carbocycles. The molecule has 0 fully saturated rings. The Kier molecular flexibility index (Phi) is 11.6. The fourth-order valence-electron chi connectivity index (χ4n) is 4.88. The number of hydrogen-bond donors (Lipinski definition) is 2. The van der Waals surface area contributed by atoms with Gasteiger partial charge in [0.1, 0.15) is 11.5 Å². The maximum atomic E-state index is 14.4. The van der Waals surface area contributed by atoms with Crippen LogP contribution < -0.4 is 15.3 Å². The number of carboxylic acid groups (broad SMARTS) is 1. The molecular weight excluding hydrogens is 617 g/mol. The van der Waals surface area contributed by atoms with Crippen molar-refractivity contribution in [1.82, 2.24) is 5.32 Å². The average Bonchev–Trinajstić information content (AvgIpc) is 3.02. The van der Waals surface area contributed by atoms with Crippen LogP contribution in [0.25, 0.3) is 0 Å². The summed E-state index contributed by atoms with van der Waals surface area (Å²) < 4.78 is 10.9. The lowest BCUT2D eigenvalue weighted by Gasteiger charge is -2.41. The van der Waals surface area contributed by atoms with Crippen LogP contribution in [0.1, 0.15) is 25.8 Å². The lowest BCUT2D eigenvalue weighted by atomic mass is 9.81. The maximum Gasteiger partial charge on any atom is 0.341 e. The van der Waals surface area contributed by atoms with E-state index in [9.17, 15) is 19.5 Å². The molecule has 2 amide bonds. The predicted octanol–water partition coefficient (Wildman–Crippen LogP) is 7.06. The van der Waals surface area contributed by atoms with Crippen LogP contribution in [-0.2, 0) is 25.5 Å². The number of rotatable bonds is 13. The van der Waals surface area contributed by atoms with E-state index in [2.05, 4.69) is 5.32 Å². The first-order valence-corrected chi connectivity index (χ1v) is 15.2. The van der Waals surface area contributed by atoms with Crippen molar-refractivity contribution >= 4 is 52.5 Å². The minimum Gasteiger partial charge on any atom is -0.481 e. The number of aliphatic carboxylic acids is 1. The Morgan fingerprint density at radius 1 is 0.933 bits per heavy atom. The van der Waals surface area contributed by atoms with Crippen molar-refractivity contribution in [2.24, 2.45) is 5.41 Å². The van der Waals surface area contributed by atoms with E-state index in [4.69, 9.17) is 32.7 Å². The molecule has 3 aromatic carbocycles. The van der Waals surface area contributed by atoms with Gasteiger partial charge in [0.2, 0.25) is 0 Å². The quantitative estimate of drug-likeness (QED) is 0.116. The van der Waals surface area contributed by atoms with Gasteiger partial charge in [-0.2, -0.15) is 0 Å². The number of nitrogens with one attached hydrogen (secondary N) is 1. The van der Waals surface area contributed by atoms with Gasteiger partial charge in [0, 0.05) is 23.1 Å². The van der Waals surface area contributed by atoms with Gasteiger partial charge in [0.05, 0.1) is 17.9 Å². The molecule has 2 N–H and O–H groups in total. The summed E-state index contributed by atoms with van der Waals surface area (Å²) in [5.74, 6) is -1.75. The fraction of sp³-hybridized carbons (Fsp3) is 0.265. The first kappa shape index (κ1) is 33.6. The van der Waals surface area contributed by atoms with Gasteiger partial charge in [0.15, 0.2) is 6.29 Å². The largest absolute Gasteiger partial charge is 0.481 e. The predicted molar refractivity (Wildman–Crippen MR) is 175 cm³/mol. The van der Waals surface area contributed by atoms with E-state index >= 15 is 0 Å². The molecule has 3 unspecified atom stereocenters. The molecule has 0 spiro atoms. The van der Waals surface area contributed by atoms with Gasteiger partial charge in [-0.05, 0) is 74.4 Å². The van der Waals surface area contributed by atoms with Crippen LogP contribution in [-0.4, -0.2) is 48.6 Å². The van der Waals surface area contributed by atoms with E-state index in [1.54, 1.807) is 91.7 Å². The number of hydrogen-bond acceptors (Lipinski definition) is 6. The minimum atomic E-state index is -1.38. The Labute approximate surface area is 272 Å². The summed E-state index contributed by atoms with van der Waals surface area (Å²) in [7, 11) is 0. The molecule has 0 bridgehead atoms. The third kappa shape index (κ3) is 8.88. The Hall–Kier alpha value is -4.31. The average molecular weight is 653 g/mol. The number of nitrogens with zero attached hydrogens (tertiary/aromatic N) is 2. The zero-order chi connectivity index (χ0) is 32.4. The fourth-order valence-corrected chi connectivity index (χ4v) is 5.13. The molecule has 0 aliphatic heterocycles. The zero-order valence-electron chi connectivity index (χ0n) is 24.9. The molecule has 3 aromatic rings. The van der Waals surface area contributed by atoms with E-state index in [1.165, 1.54) is 5.01 Å². The van der Waals surface area contributed by atoms with Crippen LogP contribution in [0.2, 0.25) is 10.0 Å². The van der Waals surface area contributed by atoms with Crippen LogP contribution in [0.3, 0.4) is 0 Å². The molecule has 236 valence electrons. The lowest BCUT2D eigenvalue weighted by molar-refractivity contribution is -0.176. The van der Waals surface area contributed by atoms with Crippen LogP contribution in [0.4, 0.5) is 16.2 Å². The van der Waals surface area contributed by atoms with Crippen LogP contribution in [0, 0.1) is 5.41 Å². The first-order valence-electron chi connectivity index (χ1n) is 14.4. The second kappa shape index (κ2) is 15.6. The highest BCUT2D eigenvalue weighted by atomic mass is 35.5. The van der Waals surface area contributed by atoms with Gasteiger partial charge in [-0.15, -0.1) is 0 Å². The van der Waals surface area contributed by atoms with Gasteiger partial charge in [-0.1, -0.05) is 77.8 Å². The number of anilines is 2. The van der Waals surface area contributed by atoms with Crippen molar-refractivity contribution in [1.29, 1.82) is 0 Å². The molecule has 0 saturated carbocycles. The van der Waals surface area contributed by atoms with E-state index in [-0.39, 0.29) is 19.4 Å². The van der Waals surface area contributed by atoms with E-state index in [1.807, 2.05) is 30.3 Å². The van der Waals surface area contributed by atoms with Crippen LogP contribution in [0.15, 0.2) is 103 Å². The summed E-state index contributed by atoms with van der Waals surface area (Å²) in [6.45, 7) is 3.57. The van der Waals surface area contributed by atoms with Crippen LogP contribution in [0.5, 0.6) is 0 Å². The molecule has 0 aromatic heterocycles. The molecule has 45 heavy (non-hydrogen) atoms. The number of esters is 1. The molecule has 0 heterocycles. The number of halogens is 2. The smallest absolute Gasteiger partial charge is 0.341 e. The highest BCUT2D eigenvalue weighted by Crippen LogP contribution is 2.34. The number of allylic oxidation sites excluding steroid dienone is 3. The minimum absolute atomic E-state index is 0.131. The van der Waals surface area contributed by atoms with Crippen molar-refractivity contribution < 1.29 is 29.0 Å². The van der Waals surface area contributed by atoms with E-state index in [0.29, 0.717) is 28.0 Å². The Balaban J connectivity index is 1.79. The number of carbonyl (C=O) groups is 3. The third-order valence-electron chi connectivity index (χ3n) is 7.18. The Bertz CT molecular complexity index is 1520. The second-order valence-corrected chi connectivity index (χ2v) is 11.3. The number of hydrazine groups is 1. The second-order valence-electron chi connectivity index (χ2n) is 10.4. The molecule has 11 heteroatoms. The maximum absolute atomic E-state index is 14.4. The zero-order valence-corrected chi connectivity index (χ0v) is 26.4. The van der Waals surface area contributed by atoms with Crippen molar-refractivity contribution in [2.45, 2.75) is 39.0 Å². The molecule has 3 atom stereocenters. The number of carbonyl (C=O) groups excluding carboxylic acids is 2. The Morgan fingerprint density at radius 3 is 2.11 bits per heavy atom. The molecule has 9 nitrogen and oxygen atoms in total. The first-order chi connectivity index (χ1) is 21.6. The molecule has 0 radical (unpaired) electrons. The van der Waals surface area contributed by atoms with E-state index in [0.717, 1.165) is 5.56 Å². The number of ether oxygens (including phenoxy) is 2. The summed E-state index contributed by atoms with van der Waals surface area (Å²) in [6, 6.07) is 20.6. The standard InChI is InChI=1S/C34H35Cl2N3O6/c1-3-44-24(2)45-31(40)30(22-25-10-6-4-7-11-25)37-33(43)39(29-18-14-27(36)15-19-29)38(28-16-12-26(35)13-17-28)23-34(32(41)42)20-8-5-9-21-34/h4-20,24,30H,3,21-23H2,1-2H3,(H,37,43)(H,41,42). The van der Waals surface area contributed by atoms with Gasteiger partial charge in [-0.25, -0.2) is 14.6 Å². The highest BCUT2D eigenvalue weighted by Gasteiger charge is 2.41. The summed E-state index contributed by atoms with van der Waals surface area (Å²) in [6.07, 6.45) is 6.32. The van der Waals surface area contributed by atoms with Crippen LogP contribution >= 0.6 is 23.2 Å². The lowest BCUT2D eigenvalue weighted by Crippen LogP contribution is -2.59. The van der Waals surface area contributed by atoms with E-state index < -0.39 is 35.7 Å². The number of carboxylic acids is 1. The molecule has 4 rings (SSSR count). The normalized spacial score (nSPS) is 16.8. The number of amides is 2. The summed E-state index contributed by atoms with van der Waals surface area (Å²) in [4.78, 5) is 40.6. The summed E-state index contributed by atoms with van der Waals surface area (Å²) in [5.41, 5.74) is 0.270. The molecule has 0 saturated heterocycles. The highest BCUT2D eigenvalue weighted by molar-refractivity contribution is 6.31. The van der Waals surface area contributed by atoms with Crippen molar-refractivity contribution in [3.8, 4) is 0 Å². The number of benzene rings is 3. The van der Waals surface area contributed by atoms with Crippen molar-refractivity contribution in [3.05, 3.63) is 119 Å². The van der Waals surface area contributed by atoms with Gasteiger partial charge in [0.25, 0.3) is 0 Å². The number of urea groups is 1. The van der Waals surface area contributed by atoms with Gasteiger partial charge >= 0.3 is 18.0 Å². The third-order valence-corrected chi connectivity index (χ3v) is 7.68. The summed E-state index contributed by atoms with van der Waals surface area (Å²) in [5, 5.41) is 17.0. The van der Waals surface area contributed by atoms with Crippen molar-refractivity contribution in [2.75, 3.05) is 23.2 Å². The summed E-state index contributed by atoms with van der Waals surface area (Å²) >= 11 is 12.4. The molecule has 1 aliphatic rings. The van der Waals surface area contributed by atoms with Gasteiger partial charge < -0.3 is 19.9 Å². The SMILES string of the molecule is CCOC(C)OC(=O)C(Cc1ccccc1)NC(=O)N(c1ccc(Cl)cc1)N(CC1(C(=O)O)C=CC=CC1)c1ccc(Cl)cc1. The van der Waals surface area contributed by atoms with Crippen molar-refractivity contribution in [3.63, 3.8) is 0 Å². The monoisotopic (exact) mass is 651 g/mol. The molecular formula is C34H35Cl2N3O6.